The zero-order valence-corrected chi connectivity index (χ0v) is 14.6. The number of rotatable bonds is 5. The second kappa shape index (κ2) is 7.94. The van der Waals surface area contributed by atoms with Crippen molar-refractivity contribution in [3.05, 3.63) is 0 Å². The summed E-state index contributed by atoms with van der Waals surface area (Å²) in [6, 6.07) is 0.669. The van der Waals surface area contributed by atoms with Gasteiger partial charge in [-0.05, 0) is 65.5 Å². The molecule has 1 atom stereocenters. The quantitative estimate of drug-likeness (QED) is 0.846. The topological polar surface area (TPSA) is 32.5 Å². The van der Waals surface area contributed by atoms with Gasteiger partial charge in [0.15, 0.2) is 0 Å². The summed E-state index contributed by atoms with van der Waals surface area (Å²) in [6.07, 6.45) is 11.0. The van der Waals surface area contributed by atoms with E-state index >= 15 is 0 Å². The molecule has 0 amide bonds. The monoisotopic (exact) mass is 295 g/mol. The van der Waals surface area contributed by atoms with Crippen molar-refractivity contribution in [2.24, 2.45) is 11.7 Å². The Labute approximate surface area is 132 Å². The molecule has 2 fully saturated rings. The molecule has 124 valence electrons. The number of nitrogens with two attached hydrogens (primary N) is 1. The zero-order chi connectivity index (χ0) is 15.3. The molecule has 3 nitrogen and oxygen atoms in total. The average molecular weight is 296 g/mol. The molecule has 0 bridgehead atoms. The lowest BCUT2D eigenvalue weighted by Gasteiger charge is -2.43. The van der Waals surface area contributed by atoms with Gasteiger partial charge in [-0.1, -0.05) is 19.3 Å². The largest absolute Gasteiger partial charge is 0.329 e. The van der Waals surface area contributed by atoms with Crippen LogP contribution in [0.5, 0.6) is 0 Å². The van der Waals surface area contributed by atoms with Crippen molar-refractivity contribution in [3.63, 3.8) is 0 Å². The van der Waals surface area contributed by atoms with Crippen LogP contribution >= 0.6 is 0 Å². The van der Waals surface area contributed by atoms with Crippen molar-refractivity contribution < 1.29 is 0 Å². The van der Waals surface area contributed by atoms with Gasteiger partial charge in [0.05, 0.1) is 0 Å². The van der Waals surface area contributed by atoms with E-state index in [1.165, 1.54) is 71.0 Å². The van der Waals surface area contributed by atoms with E-state index in [1.54, 1.807) is 0 Å². The van der Waals surface area contributed by atoms with Gasteiger partial charge in [-0.25, -0.2) is 0 Å². The minimum Gasteiger partial charge on any atom is -0.329 e. The molecule has 1 unspecified atom stereocenters. The molecule has 2 aliphatic rings. The first-order valence-corrected chi connectivity index (χ1v) is 9.23. The van der Waals surface area contributed by atoms with E-state index in [4.69, 9.17) is 5.73 Å². The fourth-order valence-corrected chi connectivity index (χ4v) is 4.41. The Morgan fingerprint density at radius 3 is 2.43 bits per heavy atom. The van der Waals surface area contributed by atoms with Gasteiger partial charge in [-0.15, -0.1) is 0 Å². The third kappa shape index (κ3) is 4.43. The summed E-state index contributed by atoms with van der Waals surface area (Å²) >= 11 is 0. The second-order valence-corrected chi connectivity index (χ2v) is 7.80. The van der Waals surface area contributed by atoms with Gasteiger partial charge in [-0.3, -0.25) is 4.90 Å². The van der Waals surface area contributed by atoms with Gasteiger partial charge < -0.3 is 10.6 Å². The van der Waals surface area contributed by atoms with Crippen LogP contribution in [-0.4, -0.2) is 54.6 Å². The molecule has 1 aliphatic heterocycles. The van der Waals surface area contributed by atoms with Crippen LogP contribution in [0.2, 0.25) is 0 Å². The van der Waals surface area contributed by atoms with Gasteiger partial charge in [-0.2, -0.15) is 0 Å². The van der Waals surface area contributed by atoms with Crippen molar-refractivity contribution >= 4 is 0 Å². The molecule has 1 saturated carbocycles. The molecule has 1 aliphatic carbocycles. The van der Waals surface area contributed by atoms with Crippen LogP contribution in [0.25, 0.3) is 0 Å². The number of nitrogens with zero attached hydrogens (tertiary/aromatic N) is 2. The molecule has 1 saturated heterocycles. The first-order valence-electron chi connectivity index (χ1n) is 9.23. The van der Waals surface area contributed by atoms with Crippen molar-refractivity contribution in [3.8, 4) is 0 Å². The van der Waals surface area contributed by atoms with Gasteiger partial charge in [0.1, 0.15) is 0 Å². The Morgan fingerprint density at radius 2 is 1.81 bits per heavy atom. The summed E-state index contributed by atoms with van der Waals surface area (Å²) in [5, 5.41) is 0. The minimum absolute atomic E-state index is 0.251. The molecule has 1 heterocycles. The fraction of sp³-hybridized carbons (Fsp3) is 1.00. The molecule has 2 N–H and O–H groups in total. The maximum Gasteiger partial charge on any atom is 0.0341 e. The van der Waals surface area contributed by atoms with E-state index in [-0.39, 0.29) is 5.54 Å². The summed E-state index contributed by atoms with van der Waals surface area (Å²) < 4.78 is 0. The number of likely N-dealkylation sites (N-methyl/N-ethyl adjacent to an activating group) is 1. The lowest BCUT2D eigenvalue weighted by atomic mass is 9.84. The highest BCUT2D eigenvalue weighted by molar-refractivity contribution is 4.94. The Balaban J connectivity index is 1.95. The highest BCUT2D eigenvalue weighted by Crippen LogP contribution is 2.31. The average Bonchev–Trinajstić information content (AvgIpc) is 2.71. The van der Waals surface area contributed by atoms with Gasteiger partial charge in [0.2, 0.25) is 0 Å². The van der Waals surface area contributed by atoms with E-state index in [9.17, 15) is 0 Å². The lowest BCUT2D eigenvalue weighted by molar-refractivity contribution is 0.0795. The Hall–Kier alpha value is -0.120. The minimum atomic E-state index is 0.251. The summed E-state index contributed by atoms with van der Waals surface area (Å²) in [6.45, 7) is 9.18. The van der Waals surface area contributed by atoms with E-state index in [0.29, 0.717) is 6.04 Å². The molecule has 21 heavy (non-hydrogen) atoms. The third-order valence-corrected chi connectivity index (χ3v) is 6.13. The molecular formula is C18H37N3. The molecule has 0 spiro atoms. The van der Waals surface area contributed by atoms with Crippen LogP contribution < -0.4 is 5.73 Å². The first kappa shape index (κ1) is 17.2. The lowest BCUT2D eigenvalue weighted by Crippen LogP contribution is -2.54. The van der Waals surface area contributed by atoms with Crippen molar-refractivity contribution in [2.45, 2.75) is 76.8 Å². The number of hydrogen-bond acceptors (Lipinski definition) is 3. The molecule has 3 heteroatoms. The van der Waals surface area contributed by atoms with Crippen molar-refractivity contribution in [1.29, 1.82) is 0 Å². The molecular weight excluding hydrogens is 258 g/mol. The van der Waals surface area contributed by atoms with Gasteiger partial charge in [0, 0.05) is 31.2 Å². The normalized spacial score (nSPS) is 30.0. The van der Waals surface area contributed by atoms with Crippen LogP contribution in [0.3, 0.4) is 0 Å². The van der Waals surface area contributed by atoms with Crippen LogP contribution in [-0.2, 0) is 0 Å². The van der Waals surface area contributed by atoms with Crippen molar-refractivity contribution in [2.75, 3.05) is 33.2 Å². The van der Waals surface area contributed by atoms with Crippen LogP contribution in [0.1, 0.15) is 65.2 Å². The van der Waals surface area contributed by atoms with Crippen molar-refractivity contribution in [1.82, 2.24) is 9.80 Å². The Bertz CT molecular complexity index is 299. The van der Waals surface area contributed by atoms with E-state index in [1.807, 2.05) is 0 Å². The SMILES string of the molecule is CC(C)N1CCCC(CN)(N(C)CC2CCCCC2)CC1. The summed E-state index contributed by atoms with van der Waals surface area (Å²) in [4.78, 5) is 5.28. The predicted octanol–water partition coefficient (Wildman–Crippen LogP) is 3.09. The summed E-state index contributed by atoms with van der Waals surface area (Å²) in [5.41, 5.74) is 6.53. The molecule has 0 aromatic heterocycles. The zero-order valence-electron chi connectivity index (χ0n) is 14.6. The smallest absolute Gasteiger partial charge is 0.0341 e. The highest BCUT2D eigenvalue weighted by Gasteiger charge is 2.36. The van der Waals surface area contributed by atoms with Crippen LogP contribution in [0, 0.1) is 5.92 Å². The van der Waals surface area contributed by atoms with Gasteiger partial charge in [0.25, 0.3) is 0 Å². The van der Waals surface area contributed by atoms with Gasteiger partial charge >= 0.3 is 0 Å². The van der Waals surface area contributed by atoms with Crippen LogP contribution in [0.4, 0.5) is 0 Å². The van der Waals surface area contributed by atoms with E-state index in [0.717, 1.165) is 12.5 Å². The molecule has 0 aromatic rings. The molecule has 0 aromatic carbocycles. The number of likely N-dealkylation sites (tertiary alicyclic amines) is 1. The molecule has 0 radical (unpaired) electrons. The molecule has 2 rings (SSSR count). The summed E-state index contributed by atoms with van der Waals surface area (Å²) in [7, 11) is 2.34. The second-order valence-electron chi connectivity index (χ2n) is 7.80. The third-order valence-electron chi connectivity index (χ3n) is 6.13. The van der Waals surface area contributed by atoms with E-state index < -0.39 is 0 Å². The van der Waals surface area contributed by atoms with E-state index in [2.05, 4.69) is 30.7 Å². The summed E-state index contributed by atoms with van der Waals surface area (Å²) in [5.74, 6) is 0.914. The first-order chi connectivity index (χ1) is 10.1. The van der Waals surface area contributed by atoms with Crippen LogP contribution in [0.15, 0.2) is 0 Å². The standard InChI is InChI=1S/C18H37N3/c1-16(2)21-12-7-10-18(15-19,11-13-21)20(3)14-17-8-5-4-6-9-17/h16-17H,4-15,19H2,1-3H3. The fourth-order valence-electron chi connectivity index (χ4n) is 4.41. The Morgan fingerprint density at radius 1 is 1.10 bits per heavy atom. The maximum absolute atomic E-state index is 6.28. The predicted molar refractivity (Wildman–Crippen MR) is 91.6 cm³/mol. The Kier molecular flexibility index (Phi) is 6.51. The highest BCUT2D eigenvalue weighted by atomic mass is 15.2. The number of hydrogen-bond donors (Lipinski definition) is 1. The maximum atomic E-state index is 6.28.